The molecule has 0 unspecified atom stereocenters. The Morgan fingerprint density at radius 1 is 1.35 bits per heavy atom. The molecule has 0 heterocycles. The summed E-state index contributed by atoms with van der Waals surface area (Å²) >= 11 is 11.7. The summed E-state index contributed by atoms with van der Waals surface area (Å²) in [4.78, 5) is 10.7. The molecule has 1 saturated carbocycles. The van der Waals surface area contributed by atoms with E-state index in [1.165, 1.54) is 18.2 Å². The zero-order valence-electron chi connectivity index (χ0n) is 10.4. The number of hydrogen-bond acceptors (Lipinski definition) is 3. The highest BCUT2D eigenvalue weighted by molar-refractivity contribution is 7.89. The minimum atomic E-state index is -3.91. The third kappa shape index (κ3) is 3.09. The third-order valence-corrected chi connectivity index (χ3v) is 5.91. The Hall–Kier alpha value is -0.820. The molecular formula is C12H13Cl2NO4S. The topological polar surface area (TPSA) is 83.5 Å². The molecule has 0 radical (unpaired) electrons. The van der Waals surface area contributed by atoms with Crippen molar-refractivity contribution < 1.29 is 18.3 Å². The average Bonchev–Trinajstić information content (AvgIpc) is 2.28. The molecule has 5 nitrogen and oxygen atoms in total. The largest absolute Gasteiger partial charge is 0.481 e. The van der Waals surface area contributed by atoms with E-state index < -0.39 is 21.5 Å². The molecule has 1 aromatic rings. The number of rotatable bonds is 5. The normalized spacial score (nSPS) is 17.5. The standard InChI is InChI=1S/C12H13Cl2NO4S/c13-8-3-1-4-9(11(8)14)20(18,19)15-12(5-2-6-12)7-10(16)17/h1,3-4,15H,2,5-7H2,(H,16,17). The Kier molecular flexibility index (Phi) is 4.30. The van der Waals surface area contributed by atoms with Crippen LogP contribution in [0, 0.1) is 0 Å². The van der Waals surface area contributed by atoms with E-state index in [2.05, 4.69) is 4.72 Å². The lowest BCUT2D eigenvalue weighted by atomic mass is 9.75. The molecule has 8 heteroatoms. The first-order chi connectivity index (χ1) is 9.26. The van der Waals surface area contributed by atoms with Crippen LogP contribution in [0.4, 0.5) is 0 Å². The molecule has 0 aliphatic heterocycles. The third-order valence-electron chi connectivity index (χ3n) is 3.36. The molecule has 1 fully saturated rings. The number of carboxylic acids is 1. The number of hydrogen-bond donors (Lipinski definition) is 2. The van der Waals surface area contributed by atoms with Gasteiger partial charge in [-0.15, -0.1) is 0 Å². The van der Waals surface area contributed by atoms with Crippen molar-refractivity contribution in [1.29, 1.82) is 0 Å². The maximum absolute atomic E-state index is 12.3. The van der Waals surface area contributed by atoms with Gasteiger partial charge in [-0.1, -0.05) is 29.3 Å². The van der Waals surface area contributed by atoms with E-state index in [4.69, 9.17) is 28.3 Å². The Labute approximate surface area is 126 Å². The van der Waals surface area contributed by atoms with Crippen molar-refractivity contribution in [2.24, 2.45) is 0 Å². The highest BCUT2D eigenvalue weighted by atomic mass is 35.5. The molecule has 110 valence electrons. The molecule has 2 N–H and O–H groups in total. The number of aliphatic carboxylic acids is 1. The molecule has 2 rings (SSSR count). The fourth-order valence-corrected chi connectivity index (χ4v) is 4.46. The van der Waals surface area contributed by atoms with Gasteiger partial charge in [0, 0.05) is 5.54 Å². The number of carbonyl (C=O) groups is 1. The van der Waals surface area contributed by atoms with Gasteiger partial charge in [-0.3, -0.25) is 4.79 Å². The first kappa shape index (κ1) is 15.6. The van der Waals surface area contributed by atoms with Gasteiger partial charge in [-0.2, -0.15) is 0 Å². The predicted octanol–water partition coefficient (Wildman–Crippen LogP) is 2.67. The molecule has 0 bridgehead atoms. The van der Waals surface area contributed by atoms with E-state index in [9.17, 15) is 13.2 Å². The average molecular weight is 338 g/mol. The van der Waals surface area contributed by atoms with Crippen LogP contribution in [0.2, 0.25) is 10.0 Å². The number of nitrogens with one attached hydrogen (secondary N) is 1. The Balaban J connectivity index is 2.31. The van der Waals surface area contributed by atoms with Gasteiger partial charge in [0.15, 0.2) is 0 Å². The summed E-state index contributed by atoms with van der Waals surface area (Å²) in [5.74, 6) is -1.04. The van der Waals surface area contributed by atoms with Crippen LogP contribution in [0.1, 0.15) is 25.7 Å². The molecule has 0 saturated heterocycles. The van der Waals surface area contributed by atoms with E-state index in [0.717, 1.165) is 6.42 Å². The smallest absolute Gasteiger partial charge is 0.305 e. The van der Waals surface area contributed by atoms with Crippen molar-refractivity contribution in [3.8, 4) is 0 Å². The molecule has 0 aromatic heterocycles. The molecule has 0 atom stereocenters. The lowest BCUT2D eigenvalue weighted by Crippen LogP contribution is -2.54. The van der Waals surface area contributed by atoms with Crippen LogP contribution >= 0.6 is 23.2 Å². The van der Waals surface area contributed by atoms with Crippen LogP contribution in [-0.4, -0.2) is 25.0 Å². The zero-order chi connectivity index (χ0) is 15.0. The van der Waals surface area contributed by atoms with E-state index >= 15 is 0 Å². The monoisotopic (exact) mass is 337 g/mol. The van der Waals surface area contributed by atoms with Crippen molar-refractivity contribution in [3.05, 3.63) is 28.2 Å². The van der Waals surface area contributed by atoms with E-state index in [1.54, 1.807) is 0 Å². The number of halogens is 2. The van der Waals surface area contributed by atoms with E-state index in [0.29, 0.717) is 12.8 Å². The number of benzene rings is 1. The molecule has 0 spiro atoms. The molecular weight excluding hydrogens is 325 g/mol. The first-order valence-corrected chi connectivity index (χ1v) is 8.19. The predicted molar refractivity (Wildman–Crippen MR) is 75.6 cm³/mol. The lowest BCUT2D eigenvalue weighted by molar-refractivity contribution is -0.139. The summed E-state index contributed by atoms with van der Waals surface area (Å²) in [6.45, 7) is 0. The van der Waals surface area contributed by atoms with Crippen LogP contribution in [0.5, 0.6) is 0 Å². The van der Waals surface area contributed by atoms with Gasteiger partial charge in [0.2, 0.25) is 10.0 Å². The summed E-state index contributed by atoms with van der Waals surface area (Å²) in [7, 11) is -3.91. The van der Waals surface area contributed by atoms with Crippen LogP contribution in [0.15, 0.2) is 23.1 Å². The van der Waals surface area contributed by atoms with Gasteiger partial charge in [0.25, 0.3) is 0 Å². The van der Waals surface area contributed by atoms with Crippen LogP contribution in [0.25, 0.3) is 0 Å². The van der Waals surface area contributed by atoms with Gasteiger partial charge in [-0.05, 0) is 31.4 Å². The molecule has 0 amide bonds. The SMILES string of the molecule is O=C(O)CC1(NS(=O)(=O)c2cccc(Cl)c2Cl)CCC1. The van der Waals surface area contributed by atoms with Crippen molar-refractivity contribution in [2.45, 2.75) is 36.1 Å². The van der Waals surface area contributed by atoms with Crippen molar-refractivity contribution in [3.63, 3.8) is 0 Å². The zero-order valence-corrected chi connectivity index (χ0v) is 12.7. The molecule has 20 heavy (non-hydrogen) atoms. The fourth-order valence-electron chi connectivity index (χ4n) is 2.24. The summed E-state index contributed by atoms with van der Waals surface area (Å²) < 4.78 is 27.2. The van der Waals surface area contributed by atoms with Crippen molar-refractivity contribution >= 4 is 39.2 Å². The first-order valence-electron chi connectivity index (χ1n) is 5.96. The van der Waals surface area contributed by atoms with Gasteiger partial charge in [0.1, 0.15) is 4.90 Å². The Morgan fingerprint density at radius 2 is 2.00 bits per heavy atom. The number of sulfonamides is 1. The van der Waals surface area contributed by atoms with Crippen LogP contribution in [-0.2, 0) is 14.8 Å². The van der Waals surface area contributed by atoms with Crippen LogP contribution < -0.4 is 4.72 Å². The summed E-state index contributed by atoms with van der Waals surface area (Å²) in [6, 6.07) is 4.30. The minimum absolute atomic E-state index is 0.0635. The Bertz CT molecular complexity index is 641. The van der Waals surface area contributed by atoms with E-state index in [-0.39, 0.29) is 21.4 Å². The lowest BCUT2D eigenvalue weighted by Gasteiger charge is -2.41. The maximum atomic E-state index is 12.3. The highest BCUT2D eigenvalue weighted by Crippen LogP contribution is 2.37. The van der Waals surface area contributed by atoms with Crippen molar-refractivity contribution in [2.75, 3.05) is 0 Å². The van der Waals surface area contributed by atoms with Gasteiger partial charge >= 0.3 is 5.97 Å². The molecule has 1 aliphatic carbocycles. The molecule has 1 aromatic carbocycles. The van der Waals surface area contributed by atoms with Crippen molar-refractivity contribution in [1.82, 2.24) is 4.72 Å². The summed E-state index contributed by atoms with van der Waals surface area (Å²) in [5, 5.41) is 8.97. The number of carboxylic acid groups (broad SMARTS) is 1. The Morgan fingerprint density at radius 3 is 2.50 bits per heavy atom. The van der Waals surface area contributed by atoms with Crippen LogP contribution in [0.3, 0.4) is 0 Å². The van der Waals surface area contributed by atoms with E-state index in [1.807, 2.05) is 0 Å². The summed E-state index contributed by atoms with van der Waals surface area (Å²) in [6.07, 6.45) is 1.54. The fraction of sp³-hybridized carbons (Fsp3) is 0.417. The molecule has 1 aliphatic rings. The van der Waals surface area contributed by atoms with Gasteiger partial charge < -0.3 is 5.11 Å². The van der Waals surface area contributed by atoms with Gasteiger partial charge in [0.05, 0.1) is 16.5 Å². The quantitative estimate of drug-likeness (QED) is 0.865. The highest BCUT2D eigenvalue weighted by Gasteiger charge is 2.43. The second kappa shape index (κ2) is 5.52. The van der Waals surface area contributed by atoms with Gasteiger partial charge in [-0.25, -0.2) is 13.1 Å². The minimum Gasteiger partial charge on any atom is -0.481 e. The second-order valence-electron chi connectivity index (χ2n) is 4.86. The maximum Gasteiger partial charge on any atom is 0.305 e. The second-order valence-corrected chi connectivity index (χ2v) is 7.30. The summed E-state index contributed by atoms with van der Waals surface area (Å²) in [5.41, 5.74) is -0.920.